The normalized spacial score (nSPS) is 21.7. The van der Waals surface area contributed by atoms with Crippen molar-refractivity contribution in [3.8, 4) is 17.0 Å². The third kappa shape index (κ3) is 4.43. The van der Waals surface area contributed by atoms with Gasteiger partial charge in [0.2, 0.25) is 5.88 Å². The van der Waals surface area contributed by atoms with Crippen LogP contribution < -0.4 is 21.1 Å². The number of nitrogen functional groups attached to an aromatic ring is 1. The average Bonchev–Trinajstić information content (AvgIpc) is 2.87. The van der Waals surface area contributed by atoms with Crippen molar-refractivity contribution in [2.45, 2.75) is 31.7 Å². The molecule has 4 N–H and O–H groups in total. The first-order valence-electron chi connectivity index (χ1n) is 12.6. The van der Waals surface area contributed by atoms with Crippen LogP contribution in [-0.2, 0) is 9.47 Å². The van der Waals surface area contributed by atoms with Crippen LogP contribution in [0.15, 0.2) is 24.5 Å². The molecule has 10 nitrogen and oxygen atoms in total. The zero-order valence-corrected chi connectivity index (χ0v) is 20.8. The molecule has 0 saturated carbocycles. The van der Waals surface area contributed by atoms with Crippen molar-refractivity contribution in [1.29, 1.82) is 0 Å². The summed E-state index contributed by atoms with van der Waals surface area (Å²) in [7, 11) is 0. The van der Waals surface area contributed by atoms with Crippen LogP contribution in [0.5, 0.6) is 5.88 Å². The minimum atomic E-state index is -1.29. The number of carbonyl (C=O) groups excluding carboxylic acids is 1. The molecule has 2 atom stereocenters. The first-order valence-corrected chi connectivity index (χ1v) is 12.6. The predicted molar refractivity (Wildman–Crippen MR) is 138 cm³/mol. The molecule has 2 saturated heterocycles. The maximum atomic E-state index is 15.4. The number of pyridine rings is 2. The van der Waals surface area contributed by atoms with Gasteiger partial charge in [-0.05, 0) is 30.0 Å². The Labute approximate surface area is 217 Å². The average molecular weight is 527 g/mol. The van der Waals surface area contributed by atoms with Gasteiger partial charge in [0, 0.05) is 55.0 Å². The summed E-state index contributed by atoms with van der Waals surface area (Å²) in [4.78, 5) is 23.1. The molecule has 1 amide bonds. The molecule has 5 heterocycles. The number of hydrogen-bond donors (Lipinski definition) is 3. The molecule has 6 rings (SSSR count). The second-order valence-electron chi connectivity index (χ2n) is 9.75. The number of piperidine rings is 1. The molecule has 12 heteroatoms. The zero-order valence-electron chi connectivity index (χ0n) is 20.8. The molecule has 1 aromatic carbocycles. The number of amides is 1. The molecule has 3 aromatic rings. The molecule has 3 aliphatic rings. The highest BCUT2D eigenvalue weighted by molar-refractivity contribution is 5.99. The van der Waals surface area contributed by atoms with Crippen molar-refractivity contribution in [1.82, 2.24) is 14.9 Å². The van der Waals surface area contributed by atoms with Gasteiger partial charge in [-0.15, -0.1) is 0 Å². The molecule has 1 unspecified atom stereocenters. The number of rotatable bonds is 4. The number of anilines is 3. The fraction of sp³-hybridized carbons (Fsp3) is 0.423. The Balaban J connectivity index is 1.21. The Hall–Kier alpha value is -3.77. The van der Waals surface area contributed by atoms with Crippen molar-refractivity contribution in [3.63, 3.8) is 0 Å². The number of alkyl halides is 1. The number of fused-ring (bicyclic) bond motifs is 2. The number of likely N-dealkylation sites (tertiary alicyclic amines) is 1. The van der Waals surface area contributed by atoms with Gasteiger partial charge in [-0.2, -0.15) is 0 Å². The SMILES string of the molecule is Cc1c(-c2cc3cc(NC(=O)OC4CCN(C5COC5)C[C@H]4F)ncc3c(N)c2F)cnc2c1NCCO2. The quantitative estimate of drug-likeness (QED) is 0.438. The van der Waals surface area contributed by atoms with Crippen molar-refractivity contribution < 1.29 is 27.8 Å². The molecule has 0 spiro atoms. The van der Waals surface area contributed by atoms with E-state index in [2.05, 4.69) is 20.6 Å². The molecule has 2 fully saturated rings. The summed E-state index contributed by atoms with van der Waals surface area (Å²) in [5.41, 5.74) is 8.39. The third-order valence-corrected chi connectivity index (χ3v) is 7.37. The molecule has 2 aromatic heterocycles. The lowest BCUT2D eigenvalue weighted by atomic mass is 9.97. The van der Waals surface area contributed by atoms with Crippen LogP contribution in [0.2, 0.25) is 0 Å². The fourth-order valence-electron chi connectivity index (χ4n) is 5.13. The maximum absolute atomic E-state index is 15.4. The van der Waals surface area contributed by atoms with E-state index >= 15 is 4.39 Å². The van der Waals surface area contributed by atoms with E-state index in [9.17, 15) is 9.18 Å². The zero-order chi connectivity index (χ0) is 26.4. The fourth-order valence-corrected chi connectivity index (χ4v) is 5.13. The molecular formula is C26H28F2N6O4. The summed E-state index contributed by atoms with van der Waals surface area (Å²) in [5, 5.41) is 6.76. The number of nitrogens with two attached hydrogens (primary N) is 1. The predicted octanol–water partition coefficient (Wildman–Crippen LogP) is 3.49. The Kier molecular flexibility index (Phi) is 6.36. The molecule has 0 aliphatic carbocycles. The summed E-state index contributed by atoms with van der Waals surface area (Å²) in [6.07, 6.45) is 0.390. The number of hydrogen-bond acceptors (Lipinski definition) is 9. The van der Waals surface area contributed by atoms with E-state index in [-0.39, 0.29) is 29.7 Å². The van der Waals surface area contributed by atoms with Gasteiger partial charge in [0.05, 0.1) is 24.9 Å². The number of halogens is 2. The summed E-state index contributed by atoms with van der Waals surface area (Å²) in [5.74, 6) is 0.0585. The van der Waals surface area contributed by atoms with Crippen LogP contribution in [-0.4, -0.2) is 78.7 Å². The first-order chi connectivity index (χ1) is 18.4. The summed E-state index contributed by atoms with van der Waals surface area (Å²) in [6, 6.07) is 3.44. The van der Waals surface area contributed by atoms with E-state index in [0.29, 0.717) is 67.2 Å². The Bertz CT molecular complexity index is 1400. The highest BCUT2D eigenvalue weighted by Gasteiger charge is 2.37. The Morgan fingerprint density at radius 3 is 2.87 bits per heavy atom. The van der Waals surface area contributed by atoms with Gasteiger partial charge in [0.1, 0.15) is 30.4 Å². The maximum Gasteiger partial charge on any atom is 0.413 e. The molecule has 0 radical (unpaired) electrons. The smallest absolute Gasteiger partial charge is 0.413 e. The summed E-state index contributed by atoms with van der Waals surface area (Å²) in [6.45, 7) is 5.03. The second kappa shape index (κ2) is 9.84. The van der Waals surface area contributed by atoms with Crippen LogP contribution >= 0.6 is 0 Å². The van der Waals surface area contributed by atoms with Crippen molar-refractivity contribution >= 4 is 34.1 Å². The topological polar surface area (TPSA) is 124 Å². The third-order valence-electron chi connectivity index (χ3n) is 7.37. The summed E-state index contributed by atoms with van der Waals surface area (Å²) >= 11 is 0. The van der Waals surface area contributed by atoms with Gasteiger partial charge < -0.3 is 25.3 Å². The molecule has 38 heavy (non-hydrogen) atoms. The lowest BCUT2D eigenvalue weighted by Gasteiger charge is -2.42. The van der Waals surface area contributed by atoms with E-state index in [4.69, 9.17) is 19.9 Å². The number of ether oxygens (including phenoxy) is 3. The monoisotopic (exact) mass is 526 g/mol. The highest BCUT2D eigenvalue weighted by Crippen LogP contribution is 2.39. The minimum Gasteiger partial charge on any atom is -0.474 e. The number of nitrogens with zero attached hydrogens (tertiary/aromatic N) is 3. The molecule has 200 valence electrons. The van der Waals surface area contributed by atoms with Crippen LogP contribution in [0.3, 0.4) is 0 Å². The van der Waals surface area contributed by atoms with E-state index in [1.165, 1.54) is 6.20 Å². The van der Waals surface area contributed by atoms with E-state index in [1.54, 1.807) is 18.3 Å². The Morgan fingerprint density at radius 2 is 2.11 bits per heavy atom. The van der Waals surface area contributed by atoms with Crippen molar-refractivity contribution in [2.24, 2.45) is 0 Å². The lowest BCUT2D eigenvalue weighted by Crippen LogP contribution is -2.56. The van der Waals surface area contributed by atoms with Gasteiger partial charge in [0.25, 0.3) is 0 Å². The number of carbonyl (C=O) groups is 1. The number of benzene rings is 1. The van der Waals surface area contributed by atoms with Gasteiger partial charge in [-0.25, -0.2) is 23.5 Å². The van der Waals surface area contributed by atoms with Crippen LogP contribution in [0.4, 0.5) is 30.8 Å². The van der Waals surface area contributed by atoms with Gasteiger partial charge >= 0.3 is 6.09 Å². The van der Waals surface area contributed by atoms with E-state index < -0.39 is 24.2 Å². The highest BCUT2D eigenvalue weighted by atomic mass is 19.1. The summed E-state index contributed by atoms with van der Waals surface area (Å²) < 4.78 is 46.2. The van der Waals surface area contributed by atoms with Crippen LogP contribution in [0.25, 0.3) is 21.9 Å². The van der Waals surface area contributed by atoms with Crippen LogP contribution in [0, 0.1) is 12.7 Å². The minimum absolute atomic E-state index is 0.0654. The molecular weight excluding hydrogens is 498 g/mol. The second-order valence-corrected chi connectivity index (χ2v) is 9.75. The largest absolute Gasteiger partial charge is 0.474 e. The van der Waals surface area contributed by atoms with E-state index in [0.717, 1.165) is 5.56 Å². The van der Waals surface area contributed by atoms with Gasteiger partial charge in [-0.3, -0.25) is 10.2 Å². The van der Waals surface area contributed by atoms with Crippen molar-refractivity contribution in [3.05, 3.63) is 35.9 Å². The van der Waals surface area contributed by atoms with Crippen LogP contribution in [0.1, 0.15) is 12.0 Å². The Morgan fingerprint density at radius 1 is 1.26 bits per heavy atom. The van der Waals surface area contributed by atoms with E-state index in [1.807, 2.05) is 11.8 Å². The van der Waals surface area contributed by atoms with Crippen molar-refractivity contribution in [2.75, 3.05) is 55.8 Å². The number of nitrogens with one attached hydrogen (secondary N) is 2. The molecule has 3 aliphatic heterocycles. The van der Waals surface area contributed by atoms with Gasteiger partial charge in [0.15, 0.2) is 5.82 Å². The lowest BCUT2D eigenvalue weighted by molar-refractivity contribution is -0.0964. The standard InChI is InChI=1S/C26H28F2N6O4/c1-13-17(8-32-25-24(13)30-3-5-37-25)16-6-14-7-21(31-9-18(14)23(29)22(16)28)33-26(35)38-20-2-4-34(10-19(20)27)15-11-36-12-15/h6-9,15,19-20,30H,2-5,10-12,29H2,1H3,(H,31,33,35)/t19-,20?/m1/s1. The number of aromatic nitrogens is 2. The first kappa shape index (κ1) is 24.6. The molecule has 0 bridgehead atoms. The van der Waals surface area contributed by atoms with Gasteiger partial charge in [-0.1, -0.05) is 0 Å².